The summed E-state index contributed by atoms with van der Waals surface area (Å²) in [5.74, 6) is 0. The minimum atomic E-state index is -0.143. The first-order chi connectivity index (χ1) is 13.2. The second-order valence-corrected chi connectivity index (χ2v) is 6.73. The second kappa shape index (κ2) is 7.74. The standard InChI is InChI=1S/C22H18ClN3O/c23-18-11-12-20-25-19(13-21(27)26(20)15-18)14-24-22(16-7-3-1-4-8-16)17-9-5-2-6-10-17/h1-13,15,22,24H,14H2. The van der Waals surface area contributed by atoms with Gasteiger partial charge >= 0.3 is 0 Å². The minimum absolute atomic E-state index is 0.0119. The van der Waals surface area contributed by atoms with Crippen LogP contribution in [0.5, 0.6) is 0 Å². The van der Waals surface area contributed by atoms with E-state index >= 15 is 0 Å². The minimum Gasteiger partial charge on any atom is -0.301 e. The van der Waals surface area contributed by atoms with Gasteiger partial charge in [-0.2, -0.15) is 0 Å². The first kappa shape index (κ1) is 17.5. The van der Waals surface area contributed by atoms with Crippen LogP contribution in [-0.4, -0.2) is 9.38 Å². The smallest absolute Gasteiger partial charge is 0.258 e. The lowest BCUT2D eigenvalue weighted by Crippen LogP contribution is -2.24. The van der Waals surface area contributed by atoms with Gasteiger partial charge in [-0.15, -0.1) is 0 Å². The summed E-state index contributed by atoms with van der Waals surface area (Å²) in [5, 5.41) is 4.04. The van der Waals surface area contributed by atoms with Gasteiger partial charge in [-0.05, 0) is 23.3 Å². The fraction of sp³-hybridized carbons (Fsp3) is 0.0909. The molecule has 0 aliphatic heterocycles. The first-order valence-corrected chi connectivity index (χ1v) is 9.09. The Balaban J connectivity index is 1.64. The molecule has 134 valence electrons. The number of hydrogen-bond donors (Lipinski definition) is 1. The number of nitrogens with zero attached hydrogens (tertiary/aromatic N) is 2. The van der Waals surface area contributed by atoms with Crippen LogP contribution in [0.4, 0.5) is 0 Å². The average Bonchev–Trinajstić information content (AvgIpc) is 2.70. The van der Waals surface area contributed by atoms with E-state index in [4.69, 9.17) is 11.6 Å². The molecule has 0 saturated carbocycles. The van der Waals surface area contributed by atoms with Crippen LogP contribution in [0.25, 0.3) is 5.65 Å². The number of pyridine rings is 1. The lowest BCUT2D eigenvalue weighted by atomic mass is 9.98. The summed E-state index contributed by atoms with van der Waals surface area (Å²) in [6.07, 6.45) is 1.58. The Bertz CT molecular complexity index is 1070. The zero-order valence-corrected chi connectivity index (χ0v) is 15.3. The largest absolute Gasteiger partial charge is 0.301 e. The molecule has 1 N–H and O–H groups in total. The third kappa shape index (κ3) is 3.92. The van der Waals surface area contributed by atoms with Gasteiger partial charge in [0.1, 0.15) is 5.65 Å². The van der Waals surface area contributed by atoms with Gasteiger partial charge in [-0.25, -0.2) is 4.98 Å². The van der Waals surface area contributed by atoms with E-state index in [0.29, 0.717) is 22.9 Å². The Labute approximate surface area is 162 Å². The number of halogens is 1. The molecule has 0 aliphatic carbocycles. The Morgan fingerprint density at radius 1 is 0.926 bits per heavy atom. The Morgan fingerprint density at radius 2 is 1.56 bits per heavy atom. The van der Waals surface area contributed by atoms with Crippen molar-refractivity contribution < 1.29 is 0 Å². The van der Waals surface area contributed by atoms with Crippen LogP contribution in [0, 0.1) is 0 Å². The summed E-state index contributed by atoms with van der Waals surface area (Å²) >= 11 is 5.97. The Kier molecular flexibility index (Phi) is 5.01. The molecule has 4 aromatic rings. The third-order valence-corrected chi connectivity index (χ3v) is 4.65. The highest BCUT2D eigenvalue weighted by Gasteiger charge is 2.14. The van der Waals surface area contributed by atoms with Crippen LogP contribution in [0.1, 0.15) is 22.9 Å². The fourth-order valence-electron chi connectivity index (χ4n) is 3.14. The SMILES string of the molecule is O=c1cc(CNC(c2ccccc2)c2ccccc2)nc2ccc(Cl)cn12. The van der Waals surface area contributed by atoms with Gasteiger partial charge in [-0.3, -0.25) is 9.20 Å². The maximum absolute atomic E-state index is 12.4. The van der Waals surface area contributed by atoms with Crippen LogP contribution in [-0.2, 0) is 6.54 Å². The maximum atomic E-state index is 12.4. The number of aromatic nitrogens is 2. The molecule has 4 nitrogen and oxygen atoms in total. The van der Waals surface area contributed by atoms with Crippen molar-refractivity contribution in [2.45, 2.75) is 12.6 Å². The van der Waals surface area contributed by atoms with Crippen LogP contribution < -0.4 is 10.9 Å². The summed E-state index contributed by atoms with van der Waals surface area (Å²) in [5.41, 5.74) is 3.45. The lowest BCUT2D eigenvalue weighted by Gasteiger charge is -2.20. The van der Waals surface area contributed by atoms with Gasteiger partial charge in [0, 0.05) is 18.8 Å². The number of fused-ring (bicyclic) bond motifs is 1. The molecule has 0 fully saturated rings. The molecule has 0 atom stereocenters. The molecule has 0 bridgehead atoms. The molecule has 0 saturated heterocycles. The van der Waals surface area contributed by atoms with Gasteiger partial charge in [0.05, 0.1) is 16.8 Å². The van der Waals surface area contributed by atoms with Gasteiger partial charge in [0.25, 0.3) is 5.56 Å². The van der Waals surface area contributed by atoms with Crippen molar-refractivity contribution >= 4 is 17.2 Å². The quantitative estimate of drug-likeness (QED) is 0.568. The van der Waals surface area contributed by atoms with Crippen molar-refractivity contribution in [1.82, 2.24) is 14.7 Å². The number of hydrogen-bond acceptors (Lipinski definition) is 3. The molecular formula is C22H18ClN3O. The highest BCUT2D eigenvalue weighted by molar-refractivity contribution is 6.30. The highest BCUT2D eigenvalue weighted by Crippen LogP contribution is 2.22. The van der Waals surface area contributed by atoms with Crippen molar-refractivity contribution in [2.24, 2.45) is 0 Å². The molecular weight excluding hydrogens is 358 g/mol. The molecule has 0 spiro atoms. The molecule has 5 heteroatoms. The molecule has 0 unspecified atom stereocenters. The van der Waals surface area contributed by atoms with Crippen molar-refractivity contribution in [3.05, 3.63) is 117 Å². The molecule has 0 amide bonds. The molecule has 2 aromatic carbocycles. The monoisotopic (exact) mass is 375 g/mol. The molecule has 0 radical (unpaired) electrons. The van der Waals surface area contributed by atoms with Crippen LogP contribution in [0.15, 0.2) is 89.9 Å². The van der Waals surface area contributed by atoms with E-state index in [1.165, 1.54) is 4.40 Å². The van der Waals surface area contributed by atoms with Gasteiger partial charge in [0.15, 0.2) is 0 Å². The molecule has 0 aliphatic rings. The van der Waals surface area contributed by atoms with E-state index in [9.17, 15) is 4.79 Å². The summed E-state index contributed by atoms with van der Waals surface area (Å²) in [4.78, 5) is 17.0. The third-order valence-electron chi connectivity index (χ3n) is 4.43. The van der Waals surface area contributed by atoms with Crippen molar-refractivity contribution in [1.29, 1.82) is 0 Å². The summed E-state index contributed by atoms with van der Waals surface area (Å²) < 4.78 is 1.46. The maximum Gasteiger partial charge on any atom is 0.258 e. The number of nitrogens with one attached hydrogen (secondary N) is 1. The van der Waals surface area contributed by atoms with Crippen molar-refractivity contribution in [2.75, 3.05) is 0 Å². The zero-order valence-electron chi connectivity index (χ0n) is 14.5. The lowest BCUT2D eigenvalue weighted by molar-refractivity contribution is 0.596. The fourth-order valence-corrected chi connectivity index (χ4v) is 3.30. The van der Waals surface area contributed by atoms with Crippen LogP contribution in [0.3, 0.4) is 0 Å². The summed E-state index contributed by atoms with van der Waals surface area (Å²) in [7, 11) is 0. The van der Waals surface area contributed by atoms with Crippen LogP contribution in [0.2, 0.25) is 5.02 Å². The predicted octanol–water partition coefficient (Wildman–Crippen LogP) is 4.23. The van der Waals surface area contributed by atoms with E-state index < -0.39 is 0 Å². The van der Waals surface area contributed by atoms with Gasteiger partial charge < -0.3 is 5.32 Å². The second-order valence-electron chi connectivity index (χ2n) is 6.30. The first-order valence-electron chi connectivity index (χ1n) is 8.72. The number of rotatable bonds is 5. The van der Waals surface area contributed by atoms with E-state index in [2.05, 4.69) is 34.6 Å². The van der Waals surface area contributed by atoms with E-state index in [-0.39, 0.29) is 11.6 Å². The molecule has 27 heavy (non-hydrogen) atoms. The van der Waals surface area contributed by atoms with Gasteiger partial charge in [-0.1, -0.05) is 72.3 Å². The van der Waals surface area contributed by atoms with Crippen molar-refractivity contribution in [3.63, 3.8) is 0 Å². The number of benzene rings is 2. The van der Waals surface area contributed by atoms with E-state index in [0.717, 1.165) is 11.1 Å². The molecule has 2 heterocycles. The Hall–Kier alpha value is -2.95. The van der Waals surface area contributed by atoms with E-state index in [1.807, 2.05) is 36.4 Å². The Morgan fingerprint density at radius 3 is 2.19 bits per heavy atom. The average molecular weight is 376 g/mol. The van der Waals surface area contributed by atoms with E-state index in [1.54, 1.807) is 24.4 Å². The normalized spacial score (nSPS) is 11.2. The summed E-state index contributed by atoms with van der Waals surface area (Å²) in [6.45, 7) is 0.475. The van der Waals surface area contributed by atoms with Gasteiger partial charge in [0.2, 0.25) is 0 Å². The molecule has 4 rings (SSSR count). The molecule has 2 aromatic heterocycles. The zero-order chi connectivity index (χ0) is 18.6. The summed E-state index contributed by atoms with van der Waals surface area (Å²) in [6, 6.07) is 25.5. The highest BCUT2D eigenvalue weighted by atomic mass is 35.5. The van der Waals surface area contributed by atoms with Crippen LogP contribution >= 0.6 is 11.6 Å². The predicted molar refractivity (Wildman–Crippen MR) is 108 cm³/mol. The topological polar surface area (TPSA) is 46.4 Å². The van der Waals surface area contributed by atoms with Crippen molar-refractivity contribution in [3.8, 4) is 0 Å².